The van der Waals surface area contributed by atoms with Crippen LogP contribution >= 0.6 is 21.6 Å². The van der Waals surface area contributed by atoms with Crippen LogP contribution in [0.25, 0.3) is 0 Å². The summed E-state index contributed by atoms with van der Waals surface area (Å²) in [5, 5.41) is 0. The number of rotatable bonds is 12. The van der Waals surface area contributed by atoms with Crippen molar-refractivity contribution in [3.63, 3.8) is 0 Å². The number of hydrogen-bond donors (Lipinski definition) is 0. The summed E-state index contributed by atoms with van der Waals surface area (Å²) in [6.45, 7) is 14.0. The highest BCUT2D eigenvalue weighted by molar-refractivity contribution is 7.87. The predicted octanol–water partition coefficient (Wildman–Crippen LogP) is 8.81. The zero-order chi connectivity index (χ0) is 18.1. The molecule has 0 amide bonds. The van der Waals surface area contributed by atoms with Crippen molar-refractivity contribution in [3.05, 3.63) is 0 Å². The molecule has 0 unspecified atom stereocenters. The van der Waals surface area contributed by atoms with Gasteiger partial charge in [-0.25, -0.2) is 13.5 Å². The zero-order valence-corrected chi connectivity index (χ0v) is 19.9. The third-order valence-electron chi connectivity index (χ3n) is 4.49. The van der Waals surface area contributed by atoms with Crippen molar-refractivity contribution in [1.29, 1.82) is 0 Å². The van der Waals surface area contributed by atoms with Gasteiger partial charge in [-0.05, 0) is 38.5 Å². The summed E-state index contributed by atoms with van der Waals surface area (Å²) in [6, 6.07) is 0. The van der Waals surface area contributed by atoms with Crippen LogP contribution in [0.15, 0.2) is 13.5 Å². The van der Waals surface area contributed by atoms with Crippen LogP contribution in [0, 0.1) is 0 Å². The summed E-state index contributed by atoms with van der Waals surface area (Å²) in [5.41, 5.74) is 0. The van der Waals surface area contributed by atoms with Gasteiger partial charge < -0.3 is 0 Å². The van der Waals surface area contributed by atoms with Crippen LogP contribution in [0.1, 0.15) is 80.1 Å². The summed E-state index contributed by atoms with van der Waals surface area (Å²) >= 11 is 0. The fourth-order valence-corrected chi connectivity index (χ4v) is 22.1. The molecule has 0 aromatic rings. The third kappa shape index (κ3) is 5.86. The van der Waals surface area contributed by atoms with Crippen molar-refractivity contribution >= 4 is 21.6 Å². The molecule has 0 bridgehead atoms. The number of nitrogens with zero attached hydrogens (tertiary/aromatic N) is 3. The fourth-order valence-electron chi connectivity index (χ4n) is 4.00. The van der Waals surface area contributed by atoms with E-state index in [2.05, 4.69) is 41.5 Å². The van der Waals surface area contributed by atoms with Crippen LogP contribution in [0.4, 0.5) is 0 Å². The van der Waals surface area contributed by atoms with E-state index in [4.69, 9.17) is 13.5 Å². The van der Waals surface area contributed by atoms with E-state index in [9.17, 15) is 0 Å². The van der Waals surface area contributed by atoms with Gasteiger partial charge in [0.15, 0.2) is 0 Å². The van der Waals surface area contributed by atoms with Crippen molar-refractivity contribution in [2.75, 3.05) is 37.0 Å². The van der Waals surface area contributed by atoms with Crippen molar-refractivity contribution in [3.8, 4) is 0 Å². The van der Waals surface area contributed by atoms with Gasteiger partial charge in [0.1, 0.15) is 0 Å². The topological polar surface area (TPSA) is 37.1 Å². The highest BCUT2D eigenvalue weighted by atomic mass is 31.3. The molecule has 144 valence electrons. The molecule has 0 spiro atoms. The van der Waals surface area contributed by atoms with Crippen molar-refractivity contribution in [1.82, 2.24) is 0 Å². The van der Waals surface area contributed by atoms with Crippen molar-refractivity contribution < 1.29 is 0 Å². The average molecular weight is 393 g/mol. The molecular weight excluding hydrogens is 351 g/mol. The number of hydrogen-bond acceptors (Lipinski definition) is 3. The fraction of sp³-hybridized carbons (Fsp3) is 1.00. The first-order valence-electron chi connectivity index (χ1n) is 10.3. The maximum Gasteiger partial charge on any atom is 0.0809 e. The zero-order valence-electron chi connectivity index (χ0n) is 17.2. The molecule has 3 nitrogen and oxygen atoms in total. The molecule has 6 heteroatoms. The van der Waals surface area contributed by atoms with Gasteiger partial charge in [0.2, 0.25) is 0 Å². The molecule has 0 N–H and O–H groups in total. The van der Waals surface area contributed by atoms with Gasteiger partial charge in [0.25, 0.3) is 0 Å². The van der Waals surface area contributed by atoms with Crippen molar-refractivity contribution in [2.24, 2.45) is 13.5 Å². The Labute approximate surface area is 152 Å². The standard InChI is InChI=1S/C18H42N3P3/c1-7-13-22(14-8-2)19-23(15-9-3,16-10-4)21-24(20-22,17-11-5)18-12-6/h7-18H2,1-6H3. The Bertz CT molecular complexity index is 415. The Hall–Kier alpha value is 0.690. The van der Waals surface area contributed by atoms with E-state index in [0.29, 0.717) is 0 Å². The Morgan fingerprint density at radius 1 is 0.375 bits per heavy atom. The summed E-state index contributed by atoms with van der Waals surface area (Å²) in [6.07, 6.45) is 14.9. The molecule has 0 radical (unpaired) electrons. The first-order chi connectivity index (χ1) is 11.5. The molecule has 0 aromatic carbocycles. The lowest BCUT2D eigenvalue weighted by Crippen LogP contribution is -2.04. The smallest absolute Gasteiger partial charge is 0.0809 e. The van der Waals surface area contributed by atoms with E-state index in [0.717, 1.165) is 0 Å². The Morgan fingerprint density at radius 2 is 0.542 bits per heavy atom. The molecule has 0 aliphatic carbocycles. The van der Waals surface area contributed by atoms with Crippen LogP contribution in [0.3, 0.4) is 0 Å². The largest absolute Gasteiger partial charge is 0.241 e. The van der Waals surface area contributed by atoms with E-state index in [1.165, 1.54) is 75.5 Å². The van der Waals surface area contributed by atoms with Gasteiger partial charge in [0, 0.05) is 37.0 Å². The minimum Gasteiger partial charge on any atom is -0.241 e. The molecule has 0 saturated carbocycles. The Morgan fingerprint density at radius 3 is 0.667 bits per heavy atom. The minimum absolute atomic E-state index is 1.23. The summed E-state index contributed by atoms with van der Waals surface area (Å²) in [4.78, 5) is 0. The maximum absolute atomic E-state index is 5.68. The molecule has 1 rings (SSSR count). The summed E-state index contributed by atoms with van der Waals surface area (Å²) in [7, 11) is -4.49. The van der Waals surface area contributed by atoms with Gasteiger partial charge >= 0.3 is 0 Å². The molecule has 0 fully saturated rings. The van der Waals surface area contributed by atoms with E-state index in [1.54, 1.807) is 0 Å². The first kappa shape index (κ1) is 22.7. The molecule has 0 aromatic heterocycles. The highest BCUT2D eigenvalue weighted by Gasteiger charge is 2.34. The molecule has 1 aliphatic heterocycles. The quantitative estimate of drug-likeness (QED) is 0.297. The van der Waals surface area contributed by atoms with Crippen LogP contribution in [0.2, 0.25) is 0 Å². The van der Waals surface area contributed by atoms with E-state index in [1.807, 2.05) is 0 Å². The van der Waals surface area contributed by atoms with Gasteiger partial charge in [-0.3, -0.25) is 0 Å². The second-order valence-electron chi connectivity index (χ2n) is 7.25. The van der Waals surface area contributed by atoms with Crippen LogP contribution in [-0.2, 0) is 0 Å². The van der Waals surface area contributed by atoms with Gasteiger partial charge in [-0.2, -0.15) is 0 Å². The summed E-state index contributed by atoms with van der Waals surface area (Å²) in [5.74, 6) is 0. The lowest BCUT2D eigenvalue weighted by Gasteiger charge is -2.37. The predicted molar refractivity (Wildman–Crippen MR) is 119 cm³/mol. The van der Waals surface area contributed by atoms with Gasteiger partial charge in [-0.1, -0.05) is 41.5 Å². The monoisotopic (exact) mass is 393 g/mol. The molecule has 24 heavy (non-hydrogen) atoms. The van der Waals surface area contributed by atoms with E-state index in [-0.39, 0.29) is 0 Å². The van der Waals surface area contributed by atoms with Crippen LogP contribution in [0.5, 0.6) is 0 Å². The molecule has 1 heterocycles. The average Bonchev–Trinajstić information content (AvgIpc) is 2.48. The molecule has 1 aliphatic rings. The lowest BCUT2D eigenvalue weighted by atomic mass is 10.6. The first-order valence-corrected chi connectivity index (χ1v) is 16.5. The van der Waals surface area contributed by atoms with Crippen molar-refractivity contribution in [2.45, 2.75) is 80.1 Å². The molecule has 0 saturated heterocycles. The second kappa shape index (κ2) is 10.7. The Kier molecular flexibility index (Phi) is 10.2. The van der Waals surface area contributed by atoms with Crippen LogP contribution in [-0.4, -0.2) is 37.0 Å². The highest BCUT2D eigenvalue weighted by Crippen LogP contribution is 2.79. The maximum atomic E-state index is 5.68. The SMILES string of the molecule is CCCP1(CCC)=NP(CCC)(CCC)=NP(CCC)(CCC)=N1. The lowest BCUT2D eigenvalue weighted by molar-refractivity contribution is 1.01. The second-order valence-corrected chi connectivity index (χ2v) is 17.3. The van der Waals surface area contributed by atoms with E-state index < -0.39 is 21.6 Å². The Balaban J connectivity index is 3.69. The minimum atomic E-state index is -1.50. The normalized spacial score (nSPS) is 20.8. The van der Waals surface area contributed by atoms with E-state index >= 15 is 0 Å². The third-order valence-corrected chi connectivity index (χ3v) is 19.5. The van der Waals surface area contributed by atoms with Crippen LogP contribution < -0.4 is 0 Å². The molecular formula is C18H42N3P3. The van der Waals surface area contributed by atoms with Gasteiger partial charge in [-0.15, -0.1) is 0 Å². The summed E-state index contributed by atoms with van der Waals surface area (Å²) < 4.78 is 17.0. The van der Waals surface area contributed by atoms with Gasteiger partial charge in [0.05, 0.1) is 21.6 Å². The molecule has 0 atom stereocenters.